The van der Waals surface area contributed by atoms with Crippen LogP contribution in [-0.2, 0) is 4.79 Å². The predicted octanol–water partition coefficient (Wildman–Crippen LogP) is 1.65. The normalized spacial score (nSPS) is 21.1. The molecule has 8 nitrogen and oxygen atoms in total. The van der Waals surface area contributed by atoms with E-state index < -0.39 is 0 Å². The Labute approximate surface area is 179 Å². The van der Waals surface area contributed by atoms with Crippen LogP contribution in [0.1, 0.15) is 31.6 Å². The SMILES string of the molecule is C[C@H](c1nc2ccccc2c(=O)[nH]1)[NH+]1CCC(C(=O)Nc2ccc3c(c2)OCO3)CC1. The van der Waals surface area contributed by atoms with Crippen molar-refractivity contribution in [3.05, 3.63) is 58.6 Å². The van der Waals surface area contributed by atoms with Crippen molar-refractivity contribution in [1.29, 1.82) is 0 Å². The van der Waals surface area contributed by atoms with Gasteiger partial charge < -0.3 is 24.7 Å². The number of nitrogens with one attached hydrogen (secondary N) is 3. The molecule has 3 aromatic rings. The topological polar surface area (TPSA) is 97.8 Å². The number of amides is 1. The molecular weight excluding hydrogens is 396 g/mol. The van der Waals surface area contributed by atoms with Crippen LogP contribution in [0.3, 0.4) is 0 Å². The lowest BCUT2D eigenvalue weighted by Crippen LogP contribution is -3.13. The van der Waals surface area contributed by atoms with Gasteiger partial charge in [0.1, 0.15) is 6.04 Å². The molecule has 2 aliphatic heterocycles. The number of H-pyrrole nitrogens is 1. The third-order valence-corrected chi connectivity index (χ3v) is 6.29. The van der Waals surface area contributed by atoms with Crippen LogP contribution in [0.4, 0.5) is 5.69 Å². The standard InChI is InChI=1S/C23H24N4O4/c1-14(21-25-18-5-3-2-4-17(18)23(29)26-21)27-10-8-15(9-11-27)22(28)24-16-6-7-19-20(12-16)31-13-30-19/h2-7,12,14-15H,8-11,13H2,1H3,(H,24,28)(H,25,26,29)/p+1/t14-/m1/s1. The molecule has 2 aromatic carbocycles. The highest BCUT2D eigenvalue weighted by molar-refractivity contribution is 5.93. The average molecular weight is 421 g/mol. The van der Waals surface area contributed by atoms with Crippen molar-refractivity contribution in [1.82, 2.24) is 9.97 Å². The number of nitrogens with zero attached hydrogens (tertiary/aromatic N) is 1. The third kappa shape index (κ3) is 3.86. The number of carbonyl (C=O) groups is 1. The number of para-hydroxylation sites is 1. The van der Waals surface area contributed by atoms with Gasteiger partial charge >= 0.3 is 0 Å². The third-order valence-electron chi connectivity index (χ3n) is 6.29. The van der Waals surface area contributed by atoms with Crippen LogP contribution in [0.5, 0.6) is 11.5 Å². The number of quaternary nitrogens is 1. The maximum Gasteiger partial charge on any atom is 0.258 e. The molecule has 1 amide bonds. The molecule has 0 spiro atoms. The first-order valence-corrected chi connectivity index (χ1v) is 10.6. The van der Waals surface area contributed by atoms with E-state index >= 15 is 0 Å². The van der Waals surface area contributed by atoms with Crippen molar-refractivity contribution < 1.29 is 19.2 Å². The molecule has 0 unspecified atom stereocenters. The van der Waals surface area contributed by atoms with Gasteiger partial charge in [0, 0.05) is 30.5 Å². The molecule has 0 bridgehead atoms. The number of aromatic nitrogens is 2. The minimum atomic E-state index is -0.107. The Morgan fingerprint density at radius 1 is 1.16 bits per heavy atom. The van der Waals surface area contributed by atoms with Crippen LogP contribution in [-0.4, -0.2) is 35.8 Å². The molecule has 0 aliphatic carbocycles. The lowest BCUT2D eigenvalue weighted by Gasteiger charge is -2.32. The number of benzene rings is 2. The van der Waals surface area contributed by atoms with Crippen molar-refractivity contribution in [3.63, 3.8) is 0 Å². The fraction of sp³-hybridized carbons (Fsp3) is 0.348. The van der Waals surface area contributed by atoms with Crippen molar-refractivity contribution in [2.24, 2.45) is 5.92 Å². The Hall–Kier alpha value is -3.39. The number of aromatic amines is 1. The maximum atomic E-state index is 12.8. The van der Waals surface area contributed by atoms with E-state index in [1.807, 2.05) is 30.3 Å². The summed E-state index contributed by atoms with van der Waals surface area (Å²) in [5.74, 6) is 2.04. The summed E-state index contributed by atoms with van der Waals surface area (Å²) >= 11 is 0. The first-order valence-electron chi connectivity index (χ1n) is 10.6. The van der Waals surface area contributed by atoms with E-state index in [9.17, 15) is 9.59 Å². The fourth-order valence-electron chi connectivity index (χ4n) is 4.41. The Morgan fingerprint density at radius 2 is 1.94 bits per heavy atom. The number of piperidine rings is 1. The Bertz CT molecular complexity index is 1180. The molecule has 0 saturated carbocycles. The summed E-state index contributed by atoms with van der Waals surface area (Å²) in [6, 6.07) is 12.9. The number of hydrogen-bond donors (Lipinski definition) is 3. The van der Waals surface area contributed by atoms with Gasteiger partial charge in [-0.15, -0.1) is 0 Å². The minimum absolute atomic E-state index is 0.0304. The summed E-state index contributed by atoms with van der Waals surface area (Å²) in [4.78, 5) is 34.1. The minimum Gasteiger partial charge on any atom is -0.454 e. The van der Waals surface area contributed by atoms with E-state index in [4.69, 9.17) is 9.47 Å². The van der Waals surface area contributed by atoms with Gasteiger partial charge in [0.05, 0.1) is 24.0 Å². The average Bonchev–Trinajstić information content (AvgIpc) is 3.26. The van der Waals surface area contributed by atoms with Crippen molar-refractivity contribution in [2.45, 2.75) is 25.8 Å². The van der Waals surface area contributed by atoms with Crippen molar-refractivity contribution in [3.8, 4) is 11.5 Å². The second-order valence-electron chi connectivity index (χ2n) is 8.18. The number of likely N-dealkylation sites (tertiary alicyclic amines) is 1. The van der Waals surface area contributed by atoms with Crippen LogP contribution < -0.4 is 25.2 Å². The predicted molar refractivity (Wildman–Crippen MR) is 115 cm³/mol. The lowest BCUT2D eigenvalue weighted by molar-refractivity contribution is -0.935. The van der Waals surface area contributed by atoms with Crippen LogP contribution in [0.2, 0.25) is 0 Å². The van der Waals surface area contributed by atoms with Gasteiger partial charge in [-0.25, -0.2) is 4.98 Å². The second-order valence-corrected chi connectivity index (χ2v) is 8.18. The van der Waals surface area contributed by atoms with Crippen LogP contribution in [0.15, 0.2) is 47.3 Å². The summed E-state index contributed by atoms with van der Waals surface area (Å²) in [5, 5.41) is 3.61. The quantitative estimate of drug-likeness (QED) is 0.595. The van der Waals surface area contributed by atoms with Crippen LogP contribution in [0.25, 0.3) is 10.9 Å². The molecule has 31 heavy (non-hydrogen) atoms. The zero-order valence-corrected chi connectivity index (χ0v) is 17.3. The number of ether oxygens (including phenoxy) is 2. The van der Waals surface area contributed by atoms with Gasteiger partial charge in [0.25, 0.3) is 5.56 Å². The zero-order chi connectivity index (χ0) is 21.4. The second kappa shape index (κ2) is 8.03. The molecule has 0 radical (unpaired) electrons. The molecular formula is C23H25N4O4+. The van der Waals surface area contributed by atoms with Crippen molar-refractivity contribution in [2.75, 3.05) is 25.2 Å². The Kier molecular flexibility index (Phi) is 5.07. The van der Waals surface area contributed by atoms with Gasteiger partial charge in [-0.3, -0.25) is 9.59 Å². The van der Waals surface area contributed by atoms with Gasteiger partial charge in [-0.05, 0) is 31.2 Å². The molecule has 3 heterocycles. The summed E-state index contributed by atoms with van der Waals surface area (Å²) in [6.45, 7) is 3.98. The molecule has 1 fully saturated rings. The maximum absolute atomic E-state index is 12.8. The molecule has 160 valence electrons. The van der Waals surface area contributed by atoms with Gasteiger partial charge in [0.15, 0.2) is 17.3 Å². The van der Waals surface area contributed by atoms with E-state index in [2.05, 4.69) is 22.2 Å². The molecule has 1 saturated heterocycles. The van der Waals surface area contributed by atoms with Crippen LogP contribution in [0, 0.1) is 5.92 Å². The fourth-order valence-corrected chi connectivity index (χ4v) is 4.41. The molecule has 3 N–H and O–H groups in total. The first kappa shape index (κ1) is 19.6. The highest BCUT2D eigenvalue weighted by Crippen LogP contribution is 2.34. The van der Waals surface area contributed by atoms with E-state index in [-0.39, 0.29) is 30.2 Å². The number of carbonyl (C=O) groups excluding carboxylic acids is 1. The summed E-state index contributed by atoms with van der Waals surface area (Å²) in [5.41, 5.74) is 1.32. The van der Waals surface area contributed by atoms with Gasteiger partial charge in [-0.1, -0.05) is 12.1 Å². The lowest BCUT2D eigenvalue weighted by atomic mass is 9.94. The zero-order valence-electron chi connectivity index (χ0n) is 17.3. The summed E-state index contributed by atoms with van der Waals surface area (Å²) < 4.78 is 10.7. The monoisotopic (exact) mass is 421 g/mol. The molecule has 1 atom stereocenters. The van der Waals surface area contributed by atoms with Gasteiger partial charge in [-0.2, -0.15) is 0 Å². The molecule has 2 aliphatic rings. The molecule has 1 aromatic heterocycles. The van der Waals surface area contributed by atoms with Crippen LogP contribution >= 0.6 is 0 Å². The smallest absolute Gasteiger partial charge is 0.258 e. The summed E-state index contributed by atoms with van der Waals surface area (Å²) in [7, 11) is 0. The Balaban J connectivity index is 1.22. The number of fused-ring (bicyclic) bond motifs is 2. The van der Waals surface area contributed by atoms with E-state index in [0.717, 1.165) is 31.6 Å². The van der Waals surface area contributed by atoms with E-state index in [1.165, 1.54) is 4.90 Å². The van der Waals surface area contributed by atoms with Crippen molar-refractivity contribution >= 4 is 22.5 Å². The van der Waals surface area contributed by atoms with Gasteiger partial charge in [0.2, 0.25) is 12.7 Å². The number of hydrogen-bond acceptors (Lipinski definition) is 5. The highest BCUT2D eigenvalue weighted by Gasteiger charge is 2.32. The van der Waals surface area contributed by atoms with E-state index in [0.29, 0.717) is 28.2 Å². The highest BCUT2D eigenvalue weighted by atomic mass is 16.7. The number of anilines is 1. The Morgan fingerprint density at radius 3 is 2.77 bits per heavy atom. The first-order chi connectivity index (χ1) is 15.1. The van der Waals surface area contributed by atoms with E-state index in [1.54, 1.807) is 12.1 Å². The summed E-state index contributed by atoms with van der Waals surface area (Å²) in [6.07, 6.45) is 1.57. The molecule has 5 rings (SSSR count). The molecule has 8 heteroatoms. The largest absolute Gasteiger partial charge is 0.454 e. The number of rotatable bonds is 4.